The number of hydrogen-bond donors (Lipinski definition) is 1. The molecule has 2 N–H and O–H groups in total. The lowest BCUT2D eigenvalue weighted by molar-refractivity contribution is -0.114. The van der Waals surface area contributed by atoms with Gasteiger partial charge < -0.3 is 10.6 Å². The molecule has 0 saturated heterocycles. The van der Waals surface area contributed by atoms with Crippen LogP contribution >= 0.6 is 23.1 Å². The first-order valence-electron chi connectivity index (χ1n) is 7.88. The van der Waals surface area contributed by atoms with Crippen LogP contribution in [-0.4, -0.2) is 17.7 Å². The maximum atomic E-state index is 13.7. The highest BCUT2D eigenvalue weighted by molar-refractivity contribution is 8.05. The molecule has 7 heteroatoms. The van der Waals surface area contributed by atoms with E-state index in [9.17, 15) is 13.6 Å². The predicted octanol–water partition coefficient (Wildman–Crippen LogP) is 5.15. The highest BCUT2D eigenvalue weighted by Crippen LogP contribution is 2.48. The molecule has 2 unspecified atom stereocenters. The number of thiophene rings is 1. The first-order valence-corrected chi connectivity index (χ1v) is 9.64. The molecule has 1 aliphatic rings. The van der Waals surface area contributed by atoms with Crippen LogP contribution in [0.15, 0.2) is 22.0 Å². The molecule has 0 saturated carbocycles. The molecule has 1 aliphatic heterocycles. The Hall–Kier alpha value is -1.08. The molecule has 2 rings (SSSR count). The standard InChI is InChI=1S/C17H24F2N2OS2/c1-9(8-17(3,4)5)13-11(6-7-23-13)21-10(2)24-14(16(20)22)12(21)15(18)19/h6-7,9-10,15H,8H2,1-5H3,(H2,20,22). The number of carbonyl (C=O) groups is 1. The maximum absolute atomic E-state index is 13.7. The Morgan fingerprint density at radius 2 is 2.04 bits per heavy atom. The van der Waals surface area contributed by atoms with Crippen molar-refractivity contribution in [2.24, 2.45) is 11.1 Å². The van der Waals surface area contributed by atoms with Crippen molar-refractivity contribution in [3.05, 3.63) is 26.9 Å². The summed E-state index contributed by atoms with van der Waals surface area (Å²) in [5, 5.41) is 1.64. The molecule has 0 bridgehead atoms. The fourth-order valence-corrected chi connectivity index (χ4v) is 5.24. The van der Waals surface area contributed by atoms with Gasteiger partial charge in [0.2, 0.25) is 0 Å². The number of thioether (sulfide) groups is 1. The van der Waals surface area contributed by atoms with Gasteiger partial charge in [-0.15, -0.1) is 11.3 Å². The van der Waals surface area contributed by atoms with E-state index < -0.39 is 12.3 Å². The number of carbonyl (C=O) groups excluding carboxylic acids is 1. The number of anilines is 1. The summed E-state index contributed by atoms with van der Waals surface area (Å²) < 4.78 is 27.3. The Morgan fingerprint density at radius 3 is 2.54 bits per heavy atom. The van der Waals surface area contributed by atoms with E-state index in [0.29, 0.717) is 0 Å². The van der Waals surface area contributed by atoms with Gasteiger partial charge in [-0.2, -0.15) is 0 Å². The van der Waals surface area contributed by atoms with Crippen molar-refractivity contribution >= 4 is 34.7 Å². The third kappa shape index (κ3) is 3.94. The van der Waals surface area contributed by atoms with Crippen molar-refractivity contribution in [3.63, 3.8) is 0 Å². The molecule has 0 spiro atoms. The lowest BCUT2D eigenvalue weighted by Gasteiger charge is -2.29. The Labute approximate surface area is 150 Å². The van der Waals surface area contributed by atoms with Gasteiger partial charge in [0.1, 0.15) is 5.70 Å². The number of allylic oxidation sites excluding steroid dienone is 1. The second-order valence-electron chi connectivity index (χ2n) is 7.30. The topological polar surface area (TPSA) is 46.3 Å². The minimum atomic E-state index is -2.74. The molecule has 1 aromatic heterocycles. The van der Waals surface area contributed by atoms with Gasteiger partial charge in [-0.25, -0.2) is 8.78 Å². The molecule has 3 nitrogen and oxygen atoms in total. The molecule has 1 aromatic rings. The molecule has 2 atom stereocenters. The van der Waals surface area contributed by atoms with Crippen LogP contribution in [0.5, 0.6) is 0 Å². The van der Waals surface area contributed by atoms with Crippen LogP contribution in [0.25, 0.3) is 0 Å². The Balaban J connectivity index is 2.45. The molecule has 0 radical (unpaired) electrons. The monoisotopic (exact) mass is 374 g/mol. The maximum Gasteiger partial charge on any atom is 0.279 e. The predicted molar refractivity (Wildman–Crippen MR) is 98.6 cm³/mol. The highest BCUT2D eigenvalue weighted by Gasteiger charge is 2.39. The number of hydrogen-bond acceptors (Lipinski definition) is 4. The average molecular weight is 375 g/mol. The molecule has 0 aromatic carbocycles. The van der Waals surface area contributed by atoms with E-state index in [0.717, 1.165) is 28.7 Å². The number of halogens is 2. The second-order valence-corrected chi connectivity index (χ2v) is 9.58. The molecule has 1 amide bonds. The zero-order valence-corrected chi connectivity index (χ0v) is 16.2. The molecular formula is C17H24F2N2OS2. The third-order valence-corrected chi connectivity index (χ3v) is 6.21. The van der Waals surface area contributed by atoms with Gasteiger partial charge in [0.25, 0.3) is 12.3 Å². The van der Waals surface area contributed by atoms with Crippen LogP contribution in [0.2, 0.25) is 0 Å². The first kappa shape index (κ1) is 19.2. The largest absolute Gasteiger partial charge is 0.365 e. The Bertz CT molecular complexity index is 649. The van der Waals surface area contributed by atoms with E-state index in [-0.39, 0.29) is 27.3 Å². The lowest BCUT2D eigenvalue weighted by Crippen LogP contribution is -2.30. The Morgan fingerprint density at radius 1 is 1.42 bits per heavy atom. The van der Waals surface area contributed by atoms with Crippen molar-refractivity contribution in [1.82, 2.24) is 0 Å². The van der Waals surface area contributed by atoms with Gasteiger partial charge in [0.15, 0.2) is 0 Å². The third-order valence-electron chi connectivity index (χ3n) is 3.87. The number of alkyl halides is 2. The smallest absolute Gasteiger partial charge is 0.279 e. The van der Waals surface area contributed by atoms with Crippen LogP contribution in [0.4, 0.5) is 14.5 Å². The van der Waals surface area contributed by atoms with E-state index in [4.69, 9.17) is 5.73 Å². The van der Waals surface area contributed by atoms with Crippen LogP contribution in [0.1, 0.15) is 51.8 Å². The zero-order chi connectivity index (χ0) is 18.2. The van der Waals surface area contributed by atoms with E-state index in [1.165, 1.54) is 0 Å². The van der Waals surface area contributed by atoms with E-state index >= 15 is 0 Å². The molecule has 0 aliphatic carbocycles. The van der Waals surface area contributed by atoms with Gasteiger partial charge in [-0.3, -0.25) is 4.79 Å². The van der Waals surface area contributed by atoms with Gasteiger partial charge in [0.05, 0.1) is 16.0 Å². The van der Waals surface area contributed by atoms with E-state index in [1.807, 2.05) is 18.4 Å². The van der Waals surface area contributed by atoms with E-state index in [1.54, 1.807) is 16.2 Å². The number of rotatable bonds is 5. The van der Waals surface area contributed by atoms with Crippen molar-refractivity contribution < 1.29 is 13.6 Å². The van der Waals surface area contributed by atoms with Crippen LogP contribution in [0, 0.1) is 5.41 Å². The summed E-state index contributed by atoms with van der Waals surface area (Å²) in [5.41, 5.74) is 5.96. The molecule has 134 valence electrons. The fourth-order valence-electron chi connectivity index (χ4n) is 3.20. The summed E-state index contributed by atoms with van der Waals surface area (Å²) in [6.07, 6.45) is -1.79. The lowest BCUT2D eigenvalue weighted by atomic mass is 9.84. The summed E-state index contributed by atoms with van der Waals surface area (Å²) in [5.74, 6) is -0.544. The second kappa shape index (κ2) is 7.04. The van der Waals surface area contributed by atoms with Gasteiger partial charge in [0, 0.05) is 4.88 Å². The SMILES string of the molecule is CC(CC(C)(C)C)c1sccc1N1C(C(F)F)=C(C(N)=O)SC1C. The van der Waals surface area contributed by atoms with Gasteiger partial charge in [-0.1, -0.05) is 39.5 Å². The quantitative estimate of drug-likeness (QED) is 0.775. The van der Waals surface area contributed by atoms with Crippen molar-refractivity contribution in [2.75, 3.05) is 4.90 Å². The van der Waals surface area contributed by atoms with Crippen molar-refractivity contribution in [2.45, 2.75) is 58.8 Å². The van der Waals surface area contributed by atoms with E-state index in [2.05, 4.69) is 27.7 Å². The van der Waals surface area contributed by atoms with Gasteiger partial charge >= 0.3 is 0 Å². The zero-order valence-electron chi connectivity index (χ0n) is 14.6. The van der Waals surface area contributed by atoms with Crippen LogP contribution < -0.4 is 10.6 Å². The molecule has 2 heterocycles. The normalized spacial score (nSPS) is 20.2. The molecular weight excluding hydrogens is 350 g/mol. The van der Waals surface area contributed by atoms with Crippen molar-refractivity contribution in [1.29, 1.82) is 0 Å². The molecule has 24 heavy (non-hydrogen) atoms. The minimum Gasteiger partial charge on any atom is -0.365 e. The summed E-state index contributed by atoms with van der Waals surface area (Å²) in [6, 6.07) is 1.86. The first-order chi connectivity index (χ1) is 11.0. The summed E-state index contributed by atoms with van der Waals surface area (Å²) in [7, 11) is 0. The summed E-state index contributed by atoms with van der Waals surface area (Å²) in [4.78, 5) is 14.2. The van der Waals surface area contributed by atoms with Crippen LogP contribution in [0.3, 0.4) is 0 Å². The minimum absolute atomic E-state index is 0.0295. The molecule has 0 fully saturated rings. The number of amides is 1. The van der Waals surface area contributed by atoms with Crippen molar-refractivity contribution in [3.8, 4) is 0 Å². The number of nitrogens with two attached hydrogens (primary N) is 1. The summed E-state index contributed by atoms with van der Waals surface area (Å²) >= 11 is 2.68. The number of nitrogens with zero attached hydrogens (tertiary/aromatic N) is 1. The average Bonchev–Trinajstić information content (AvgIpc) is 2.99. The fraction of sp³-hybridized carbons (Fsp3) is 0.588. The number of primary amides is 1. The summed E-state index contributed by atoms with van der Waals surface area (Å²) in [6.45, 7) is 10.4. The Kier molecular flexibility index (Phi) is 5.64. The van der Waals surface area contributed by atoms with Gasteiger partial charge in [-0.05, 0) is 36.1 Å². The highest BCUT2D eigenvalue weighted by atomic mass is 32.2. The van der Waals surface area contributed by atoms with Crippen LogP contribution in [-0.2, 0) is 4.79 Å².